The molecule has 0 saturated heterocycles. The minimum Gasteiger partial charge on any atom is -0.462 e. The molecule has 0 aromatic rings. The second-order valence-corrected chi connectivity index (χ2v) is 15.1. The summed E-state index contributed by atoms with van der Waals surface area (Å²) >= 11 is 0. The van der Waals surface area contributed by atoms with Crippen LogP contribution in [0.3, 0.4) is 0 Å². The van der Waals surface area contributed by atoms with E-state index >= 15 is 0 Å². The maximum Gasteiger partial charge on any atom is 0.472 e. The Morgan fingerprint density at radius 1 is 0.479 bits per heavy atom. The first kappa shape index (κ1) is 47.0. The lowest BCUT2D eigenvalue weighted by atomic mass is 10.0. The lowest BCUT2D eigenvalue weighted by molar-refractivity contribution is -0.161. The number of rotatable bonds is 38. The molecule has 0 aliphatic rings. The van der Waals surface area contributed by atoms with Crippen molar-refractivity contribution in [1.82, 2.24) is 0 Å². The van der Waals surface area contributed by atoms with Crippen LogP contribution < -0.4 is 0 Å². The number of hydrogen-bond acceptors (Lipinski definition) is 7. The number of carbonyl (C=O) groups excluding carboxylic acids is 2. The van der Waals surface area contributed by atoms with Gasteiger partial charge in [-0.15, -0.1) is 0 Å². The van der Waals surface area contributed by atoms with E-state index in [2.05, 4.69) is 13.8 Å². The summed E-state index contributed by atoms with van der Waals surface area (Å²) in [4.78, 5) is 34.6. The summed E-state index contributed by atoms with van der Waals surface area (Å²) in [5.74, 6) is -0.785. The normalized spacial score (nSPS) is 13.3. The third kappa shape index (κ3) is 34.9. The largest absolute Gasteiger partial charge is 0.472 e. The highest BCUT2D eigenvalue weighted by Crippen LogP contribution is 2.43. The number of unbranched alkanes of at least 4 members (excludes halogenated alkanes) is 26. The van der Waals surface area contributed by atoms with Crippen molar-refractivity contribution < 1.29 is 37.6 Å². The van der Waals surface area contributed by atoms with Gasteiger partial charge in [0, 0.05) is 12.8 Å². The van der Waals surface area contributed by atoms with Crippen LogP contribution in [-0.4, -0.2) is 42.8 Å². The van der Waals surface area contributed by atoms with Gasteiger partial charge in [-0.05, 0) is 19.8 Å². The van der Waals surface area contributed by atoms with Crippen molar-refractivity contribution in [2.45, 2.75) is 219 Å². The predicted molar refractivity (Wildman–Crippen MR) is 198 cm³/mol. The Labute approximate surface area is 296 Å². The third-order valence-electron chi connectivity index (χ3n) is 8.91. The van der Waals surface area contributed by atoms with E-state index in [1.54, 1.807) is 6.92 Å². The fourth-order valence-electron chi connectivity index (χ4n) is 5.92. The van der Waals surface area contributed by atoms with Gasteiger partial charge in [0.25, 0.3) is 0 Å². The molecule has 0 aromatic carbocycles. The van der Waals surface area contributed by atoms with Gasteiger partial charge in [-0.3, -0.25) is 18.6 Å². The Morgan fingerprint density at radius 2 is 0.812 bits per heavy atom. The first-order valence-electron chi connectivity index (χ1n) is 20.3. The van der Waals surface area contributed by atoms with Gasteiger partial charge in [0.1, 0.15) is 6.61 Å². The number of hydrogen-bond donors (Lipinski definition) is 1. The summed E-state index contributed by atoms with van der Waals surface area (Å²) in [7, 11) is -4.27. The number of phosphoric ester groups is 1. The Bertz CT molecular complexity index is 762. The lowest BCUT2D eigenvalue weighted by Gasteiger charge is -2.19. The summed E-state index contributed by atoms with van der Waals surface area (Å²) < 4.78 is 32.6. The molecule has 1 N–H and O–H groups in total. The second kappa shape index (κ2) is 35.9. The molecular formula is C39H77O8P. The topological polar surface area (TPSA) is 108 Å². The molecule has 0 bridgehead atoms. The number of phosphoric acid groups is 1. The van der Waals surface area contributed by atoms with Gasteiger partial charge in [-0.25, -0.2) is 4.57 Å². The predicted octanol–water partition coefficient (Wildman–Crippen LogP) is 12.3. The molecule has 2 unspecified atom stereocenters. The van der Waals surface area contributed by atoms with Crippen LogP contribution in [0, 0.1) is 0 Å². The molecule has 0 fully saturated rings. The molecule has 2 atom stereocenters. The van der Waals surface area contributed by atoms with Crippen molar-refractivity contribution in [3.63, 3.8) is 0 Å². The van der Waals surface area contributed by atoms with Crippen molar-refractivity contribution in [3.8, 4) is 0 Å². The molecule has 0 rings (SSSR count). The Hall–Kier alpha value is -0.950. The minimum absolute atomic E-state index is 0.00544. The average molecular weight is 705 g/mol. The summed E-state index contributed by atoms with van der Waals surface area (Å²) in [5.41, 5.74) is 0. The van der Waals surface area contributed by atoms with Crippen LogP contribution in [0.25, 0.3) is 0 Å². The summed E-state index contributed by atoms with van der Waals surface area (Å²) in [6.45, 7) is 5.49. The minimum atomic E-state index is -4.27. The fraction of sp³-hybridized carbons (Fsp3) is 0.949. The fourth-order valence-corrected chi connectivity index (χ4v) is 6.68. The van der Waals surface area contributed by atoms with Crippen LogP contribution in [0.15, 0.2) is 0 Å². The van der Waals surface area contributed by atoms with E-state index in [-0.39, 0.29) is 32.2 Å². The van der Waals surface area contributed by atoms with Crippen molar-refractivity contribution in [2.24, 2.45) is 0 Å². The summed E-state index contributed by atoms with van der Waals surface area (Å²) in [5, 5.41) is 0. The van der Waals surface area contributed by atoms with Gasteiger partial charge in [0.05, 0.1) is 13.2 Å². The molecule has 0 saturated carbocycles. The van der Waals surface area contributed by atoms with Crippen molar-refractivity contribution in [3.05, 3.63) is 0 Å². The van der Waals surface area contributed by atoms with E-state index in [0.29, 0.717) is 6.42 Å². The molecule has 0 aliphatic carbocycles. The third-order valence-corrected chi connectivity index (χ3v) is 9.97. The second-order valence-electron chi connectivity index (χ2n) is 13.7. The van der Waals surface area contributed by atoms with Crippen molar-refractivity contribution >= 4 is 19.8 Å². The zero-order valence-electron chi connectivity index (χ0n) is 31.7. The molecule has 0 amide bonds. The Kier molecular flexibility index (Phi) is 35.2. The van der Waals surface area contributed by atoms with Gasteiger partial charge in [-0.2, -0.15) is 0 Å². The maximum absolute atomic E-state index is 12.5. The monoisotopic (exact) mass is 705 g/mol. The van der Waals surface area contributed by atoms with Crippen LogP contribution in [0.5, 0.6) is 0 Å². The molecule has 286 valence electrons. The van der Waals surface area contributed by atoms with Crippen LogP contribution >= 0.6 is 7.82 Å². The Balaban J connectivity index is 4.05. The number of esters is 2. The van der Waals surface area contributed by atoms with E-state index in [1.807, 2.05) is 0 Å². The van der Waals surface area contributed by atoms with E-state index in [4.69, 9.17) is 18.5 Å². The smallest absolute Gasteiger partial charge is 0.462 e. The highest BCUT2D eigenvalue weighted by atomic mass is 31.2. The Morgan fingerprint density at radius 3 is 1.17 bits per heavy atom. The highest BCUT2D eigenvalue weighted by Gasteiger charge is 2.25. The summed E-state index contributed by atoms with van der Waals surface area (Å²) in [6, 6.07) is 0. The number of ether oxygens (including phenoxy) is 2. The van der Waals surface area contributed by atoms with Gasteiger partial charge in [0.15, 0.2) is 6.10 Å². The molecule has 9 heteroatoms. The van der Waals surface area contributed by atoms with Gasteiger partial charge in [0.2, 0.25) is 0 Å². The van der Waals surface area contributed by atoms with Crippen LogP contribution in [0.2, 0.25) is 0 Å². The first-order chi connectivity index (χ1) is 23.3. The van der Waals surface area contributed by atoms with Gasteiger partial charge < -0.3 is 14.4 Å². The standard InChI is InChI=1S/C39H77O8P/c1-4-7-9-11-13-15-17-18-19-20-21-22-24-26-28-30-32-34-39(41)47-37(36-46-48(42,43)45-6-3)35-44-38(40)33-31-29-27-25-23-16-14-12-10-8-5-2/h37H,4-36H2,1-3H3,(H,42,43). The van der Waals surface area contributed by atoms with Gasteiger partial charge in [-0.1, -0.05) is 181 Å². The zero-order chi connectivity index (χ0) is 35.4. The number of carbonyl (C=O) groups is 2. The van der Waals surface area contributed by atoms with Crippen LogP contribution in [0.4, 0.5) is 0 Å². The lowest BCUT2D eigenvalue weighted by Crippen LogP contribution is -2.29. The molecular weight excluding hydrogens is 627 g/mol. The molecule has 0 radical (unpaired) electrons. The van der Waals surface area contributed by atoms with Crippen LogP contribution in [-0.2, 0) is 32.7 Å². The van der Waals surface area contributed by atoms with E-state index in [0.717, 1.165) is 38.5 Å². The molecule has 0 aromatic heterocycles. The van der Waals surface area contributed by atoms with Crippen molar-refractivity contribution in [1.29, 1.82) is 0 Å². The molecule has 0 aliphatic heterocycles. The molecule has 8 nitrogen and oxygen atoms in total. The van der Waals surface area contributed by atoms with E-state index in [9.17, 15) is 19.0 Å². The van der Waals surface area contributed by atoms with E-state index in [1.165, 1.54) is 141 Å². The SMILES string of the molecule is CCCCCCCCCCCCCCCCCCCC(=O)OC(COC(=O)CCCCCCCCCCCCC)COP(=O)(O)OCC. The summed E-state index contributed by atoms with van der Waals surface area (Å²) in [6.07, 6.45) is 34.4. The molecule has 0 spiro atoms. The quantitative estimate of drug-likeness (QED) is 0.0384. The average Bonchev–Trinajstić information content (AvgIpc) is 3.06. The molecule has 0 heterocycles. The zero-order valence-corrected chi connectivity index (χ0v) is 32.6. The van der Waals surface area contributed by atoms with Gasteiger partial charge >= 0.3 is 19.8 Å². The molecule has 48 heavy (non-hydrogen) atoms. The van der Waals surface area contributed by atoms with Crippen LogP contribution in [0.1, 0.15) is 213 Å². The van der Waals surface area contributed by atoms with E-state index < -0.39 is 19.9 Å². The first-order valence-corrected chi connectivity index (χ1v) is 21.8. The van der Waals surface area contributed by atoms with Crippen molar-refractivity contribution in [2.75, 3.05) is 19.8 Å². The highest BCUT2D eigenvalue weighted by molar-refractivity contribution is 7.47. The maximum atomic E-state index is 12.5.